The zero-order valence-corrected chi connectivity index (χ0v) is 19.2. The lowest BCUT2D eigenvalue weighted by Crippen LogP contribution is -2.47. The number of rotatable bonds is 5. The van der Waals surface area contributed by atoms with E-state index >= 15 is 0 Å². The molecule has 9 nitrogen and oxygen atoms in total. The van der Waals surface area contributed by atoms with Gasteiger partial charge in [-0.2, -0.15) is 4.31 Å². The highest BCUT2D eigenvalue weighted by Crippen LogP contribution is 2.34. The first-order valence-corrected chi connectivity index (χ1v) is 11.9. The molecule has 1 amide bonds. The van der Waals surface area contributed by atoms with E-state index in [1.807, 2.05) is 6.07 Å². The summed E-state index contributed by atoms with van der Waals surface area (Å²) in [7, 11) is -3.67. The van der Waals surface area contributed by atoms with Crippen molar-refractivity contribution in [2.45, 2.75) is 44.3 Å². The van der Waals surface area contributed by atoms with Crippen LogP contribution in [-0.2, 0) is 24.3 Å². The first kappa shape index (κ1) is 22.7. The molecule has 2 saturated heterocycles. The summed E-state index contributed by atoms with van der Waals surface area (Å²) in [6.07, 6.45) is 4.42. The average molecular weight is 462 g/mol. The van der Waals surface area contributed by atoms with Crippen LogP contribution < -0.4 is 5.32 Å². The van der Waals surface area contributed by atoms with Gasteiger partial charge in [-0.15, -0.1) is 0 Å². The fraction of sp³-hybridized carbons (Fsp3) is 0.455. The highest BCUT2D eigenvalue weighted by atomic mass is 32.2. The zero-order chi connectivity index (χ0) is 22.9. The molecule has 0 unspecified atom stereocenters. The number of carbonyl (C=O) groups excluding carboxylic acids is 1. The zero-order valence-electron chi connectivity index (χ0n) is 18.4. The largest absolute Gasteiger partial charge is 0.354 e. The lowest BCUT2D eigenvalue weighted by Gasteiger charge is -2.37. The van der Waals surface area contributed by atoms with Crippen molar-refractivity contribution in [1.29, 1.82) is 0 Å². The lowest BCUT2D eigenvalue weighted by molar-refractivity contribution is -0.179. The Morgan fingerprint density at radius 3 is 2.50 bits per heavy atom. The molecule has 2 aromatic rings. The quantitative estimate of drug-likeness (QED) is 0.729. The van der Waals surface area contributed by atoms with Gasteiger partial charge in [-0.25, -0.2) is 8.42 Å². The summed E-state index contributed by atoms with van der Waals surface area (Å²) < 4.78 is 44.9. The highest BCUT2D eigenvalue weighted by molar-refractivity contribution is 7.89. The maximum absolute atomic E-state index is 13.4. The maximum atomic E-state index is 13.4. The Labute approximate surface area is 187 Å². The van der Waals surface area contributed by atoms with E-state index in [4.69, 9.17) is 14.0 Å². The van der Waals surface area contributed by atoms with Crippen LogP contribution in [0.25, 0.3) is 12.2 Å². The summed E-state index contributed by atoms with van der Waals surface area (Å²) >= 11 is 0. The van der Waals surface area contributed by atoms with E-state index in [9.17, 15) is 13.2 Å². The van der Waals surface area contributed by atoms with Gasteiger partial charge in [0.1, 0.15) is 11.4 Å². The number of carbonyl (C=O) groups is 1. The smallest absolute Gasteiger partial charge is 0.243 e. The molecule has 3 heterocycles. The summed E-state index contributed by atoms with van der Waals surface area (Å²) in [5.41, 5.74) is 2.41. The van der Waals surface area contributed by atoms with E-state index in [0.29, 0.717) is 67.4 Å². The number of piperidine rings is 1. The molecule has 0 radical (unpaired) electrons. The number of anilines is 1. The highest BCUT2D eigenvalue weighted by Gasteiger charge is 2.42. The van der Waals surface area contributed by atoms with E-state index in [-0.39, 0.29) is 10.8 Å². The first-order chi connectivity index (χ1) is 15.2. The van der Waals surface area contributed by atoms with Gasteiger partial charge in [0.2, 0.25) is 15.9 Å². The molecule has 2 aliphatic rings. The SMILES string of the molecule is CC(=O)Nc1c(C)noc1C=Cc1ccc(C)c(S(=O)(=O)N2CCC3(CC2)OCCO3)c1. The van der Waals surface area contributed by atoms with E-state index in [2.05, 4.69) is 10.5 Å². The van der Waals surface area contributed by atoms with Gasteiger partial charge in [-0.1, -0.05) is 23.4 Å². The molecule has 2 fully saturated rings. The molecule has 1 aromatic carbocycles. The molecule has 1 N–H and O–H groups in total. The third-order valence-electron chi connectivity index (χ3n) is 5.75. The van der Waals surface area contributed by atoms with Crippen molar-refractivity contribution >= 4 is 33.8 Å². The van der Waals surface area contributed by atoms with Crippen molar-refractivity contribution in [2.75, 3.05) is 31.6 Å². The van der Waals surface area contributed by atoms with Crippen molar-refractivity contribution in [2.24, 2.45) is 0 Å². The van der Waals surface area contributed by atoms with Crippen LogP contribution in [0.3, 0.4) is 0 Å². The normalized spacial score (nSPS) is 19.1. The second kappa shape index (κ2) is 8.78. The minimum Gasteiger partial charge on any atom is -0.354 e. The molecule has 32 heavy (non-hydrogen) atoms. The number of benzene rings is 1. The number of amides is 1. The van der Waals surface area contributed by atoms with E-state index in [1.165, 1.54) is 11.2 Å². The number of nitrogens with one attached hydrogen (secondary N) is 1. The Hall–Kier alpha value is -2.53. The Balaban J connectivity index is 1.55. The van der Waals surface area contributed by atoms with Crippen molar-refractivity contribution in [3.63, 3.8) is 0 Å². The van der Waals surface area contributed by atoms with Gasteiger partial charge in [-0.05, 0) is 37.1 Å². The second-order valence-electron chi connectivity index (χ2n) is 8.06. The Kier molecular flexibility index (Phi) is 6.22. The Morgan fingerprint density at radius 1 is 1.16 bits per heavy atom. The first-order valence-electron chi connectivity index (χ1n) is 10.5. The number of aryl methyl sites for hydroxylation is 2. The topological polar surface area (TPSA) is 111 Å². The predicted octanol–water partition coefficient (Wildman–Crippen LogP) is 2.95. The third kappa shape index (κ3) is 4.49. The molecular formula is C22H27N3O6S. The fourth-order valence-electron chi connectivity index (χ4n) is 3.99. The minimum atomic E-state index is -3.67. The fourth-order valence-corrected chi connectivity index (χ4v) is 5.69. The van der Waals surface area contributed by atoms with E-state index in [0.717, 1.165) is 0 Å². The second-order valence-corrected chi connectivity index (χ2v) is 9.96. The summed E-state index contributed by atoms with van der Waals surface area (Å²) in [6, 6.07) is 5.26. The predicted molar refractivity (Wildman–Crippen MR) is 118 cm³/mol. The van der Waals surface area contributed by atoms with E-state index < -0.39 is 15.8 Å². The number of ether oxygens (including phenoxy) is 2. The van der Waals surface area contributed by atoms with Gasteiger partial charge >= 0.3 is 0 Å². The molecule has 0 atom stereocenters. The number of aromatic nitrogens is 1. The number of sulfonamides is 1. The van der Waals surface area contributed by atoms with Crippen LogP contribution in [0.5, 0.6) is 0 Å². The molecular weight excluding hydrogens is 434 g/mol. The summed E-state index contributed by atoms with van der Waals surface area (Å²) in [4.78, 5) is 11.7. The monoisotopic (exact) mass is 461 g/mol. The van der Waals surface area contributed by atoms with Gasteiger partial charge in [0, 0.05) is 32.9 Å². The summed E-state index contributed by atoms with van der Waals surface area (Å²) in [5.74, 6) is -0.473. The van der Waals surface area contributed by atoms with Crippen LogP contribution in [0.15, 0.2) is 27.6 Å². The van der Waals surface area contributed by atoms with Crippen LogP contribution >= 0.6 is 0 Å². The van der Waals surface area contributed by atoms with Crippen molar-refractivity contribution in [3.05, 3.63) is 40.8 Å². The van der Waals surface area contributed by atoms with Crippen LogP contribution in [-0.4, -0.2) is 55.9 Å². The average Bonchev–Trinajstić information content (AvgIpc) is 3.34. The molecule has 1 spiro atoms. The minimum absolute atomic E-state index is 0.230. The molecule has 0 saturated carbocycles. The maximum Gasteiger partial charge on any atom is 0.243 e. The van der Waals surface area contributed by atoms with E-state index in [1.54, 1.807) is 38.1 Å². The van der Waals surface area contributed by atoms with Crippen LogP contribution in [0, 0.1) is 13.8 Å². The standard InChI is InChI=1S/C22H27N3O6S/c1-15-4-5-18(6-7-19-21(23-17(3)26)16(2)24-31-19)14-20(15)32(27,28)25-10-8-22(9-11-25)29-12-13-30-22/h4-7,14H,8-13H2,1-3H3,(H,23,26). The van der Waals surface area contributed by atoms with Crippen molar-refractivity contribution in [3.8, 4) is 0 Å². The third-order valence-corrected chi connectivity index (χ3v) is 7.79. The van der Waals surface area contributed by atoms with Gasteiger partial charge in [0.05, 0.1) is 18.1 Å². The molecule has 172 valence electrons. The van der Waals surface area contributed by atoms with Gasteiger partial charge < -0.3 is 19.3 Å². The number of hydrogen-bond acceptors (Lipinski definition) is 7. The summed E-state index contributed by atoms with van der Waals surface area (Å²) in [5, 5.41) is 6.58. The number of nitrogens with zero attached hydrogens (tertiary/aromatic N) is 2. The number of hydrogen-bond donors (Lipinski definition) is 1. The molecule has 10 heteroatoms. The summed E-state index contributed by atoms with van der Waals surface area (Å²) in [6.45, 7) is 6.71. The Bertz CT molecular complexity index is 1140. The Morgan fingerprint density at radius 2 is 1.84 bits per heavy atom. The van der Waals surface area contributed by atoms with Gasteiger partial charge in [-0.3, -0.25) is 4.79 Å². The van der Waals surface area contributed by atoms with Crippen LogP contribution in [0.2, 0.25) is 0 Å². The van der Waals surface area contributed by atoms with Crippen LogP contribution in [0.1, 0.15) is 42.3 Å². The molecule has 2 aliphatic heterocycles. The molecule has 4 rings (SSSR count). The van der Waals surface area contributed by atoms with Crippen molar-refractivity contribution in [1.82, 2.24) is 9.46 Å². The van der Waals surface area contributed by atoms with Gasteiger partial charge in [0.25, 0.3) is 0 Å². The van der Waals surface area contributed by atoms with Crippen molar-refractivity contribution < 1.29 is 27.2 Å². The molecule has 0 aliphatic carbocycles. The van der Waals surface area contributed by atoms with Gasteiger partial charge in [0.15, 0.2) is 11.5 Å². The molecule has 0 bridgehead atoms. The molecule has 1 aromatic heterocycles. The van der Waals surface area contributed by atoms with Crippen LogP contribution in [0.4, 0.5) is 5.69 Å². The lowest BCUT2D eigenvalue weighted by atomic mass is 10.1.